The number of ether oxygens (including phenoxy) is 1. The van der Waals surface area contributed by atoms with E-state index in [0.717, 1.165) is 22.5 Å². The lowest BCUT2D eigenvalue weighted by molar-refractivity contribution is 0.332. The van der Waals surface area contributed by atoms with E-state index in [1.165, 1.54) is 0 Å². The van der Waals surface area contributed by atoms with Crippen LogP contribution in [0.25, 0.3) is 0 Å². The van der Waals surface area contributed by atoms with E-state index in [-0.39, 0.29) is 0 Å². The van der Waals surface area contributed by atoms with Crippen LogP contribution >= 0.6 is 27.3 Å². The van der Waals surface area contributed by atoms with E-state index >= 15 is 0 Å². The van der Waals surface area contributed by atoms with Crippen LogP contribution in [0, 0.1) is 0 Å². The Kier molecular flexibility index (Phi) is 4.25. The van der Waals surface area contributed by atoms with Gasteiger partial charge in [0.1, 0.15) is 12.4 Å². The van der Waals surface area contributed by atoms with E-state index in [1.54, 1.807) is 11.3 Å². The Morgan fingerprint density at radius 1 is 1.31 bits per heavy atom. The third-order valence-corrected chi connectivity index (χ3v) is 3.19. The molecule has 84 valence electrons. The number of thiophene rings is 1. The van der Waals surface area contributed by atoms with Crippen molar-refractivity contribution in [3.63, 3.8) is 0 Å². The van der Waals surface area contributed by atoms with E-state index in [9.17, 15) is 0 Å². The van der Waals surface area contributed by atoms with Crippen molar-refractivity contribution >= 4 is 33.0 Å². The number of anilines is 1. The van der Waals surface area contributed by atoms with Crippen LogP contribution in [0.2, 0.25) is 0 Å². The summed E-state index contributed by atoms with van der Waals surface area (Å²) >= 11 is 5.09. The van der Waals surface area contributed by atoms with Crippen molar-refractivity contribution in [2.45, 2.75) is 0 Å². The Morgan fingerprint density at radius 3 is 3.00 bits per heavy atom. The van der Waals surface area contributed by atoms with E-state index in [4.69, 9.17) is 4.74 Å². The van der Waals surface area contributed by atoms with Crippen molar-refractivity contribution in [1.29, 1.82) is 0 Å². The summed E-state index contributed by atoms with van der Waals surface area (Å²) in [5, 5.41) is 7.42. The maximum absolute atomic E-state index is 5.60. The molecular weight excluding hydrogens is 286 g/mol. The molecule has 2 aromatic rings. The second-order valence-electron chi connectivity index (χ2n) is 3.24. The molecule has 16 heavy (non-hydrogen) atoms. The average molecular weight is 298 g/mol. The number of halogens is 1. The van der Waals surface area contributed by atoms with Crippen molar-refractivity contribution in [3.8, 4) is 5.75 Å². The third-order valence-electron chi connectivity index (χ3n) is 2.02. The maximum Gasteiger partial charge on any atom is 0.120 e. The minimum atomic E-state index is 0.659. The fraction of sp³-hybridized carbons (Fsp3) is 0.167. The van der Waals surface area contributed by atoms with E-state index in [0.29, 0.717) is 6.61 Å². The van der Waals surface area contributed by atoms with Gasteiger partial charge in [0.25, 0.3) is 0 Å². The summed E-state index contributed by atoms with van der Waals surface area (Å²) < 4.78 is 6.63. The number of benzene rings is 1. The lowest BCUT2D eigenvalue weighted by Gasteiger charge is -2.07. The molecule has 1 aromatic heterocycles. The lowest BCUT2D eigenvalue weighted by Crippen LogP contribution is -2.10. The number of nitrogens with one attached hydrogen (secondary N) is 1. The van der Waals surface area contributed by atoms with Gasteiger partial charge in [-0.15, -0.1) is 0 Å². The molecule has 0 radical (unpaired) electrons. The molecule has 2 rings (SSSR count). The molecule has 0 atom stereocenters. The second kappa shape index (κ2) is 5.92. The molecule has 0 bridgehead atoms. The molecule has 0 fully saturated rings. The van der Waals surface area contributed by atoms with Crippen LogP contribution in [0.5, 0.6) is 5.75 Å². The molecule has 0 aliphatic rings. The fourth-order valence-electron chi connectivity index (χ4n) is 1.29. The number of hydrogen-bond donors (Lipinski definition) is 1. The average Bonchev–Trinajstić information content (AvgIpc) is 2.77. The molecule has 1 heterocycles. The molecule has 0 aliphatic carbocycles. The summed E-state index contributed by atoms with van der Waals surface area (Å²) in [5.41, 5.74) is 1.16. The van der Waals surface area contributed by atoms with E-state index in [2.05, 4.69) is 38.1 Å². The Morgan fingerprint density at radius 2 is 2.25 bits per heavy atom. The normalized spacial score (nSPS) is 10.1. The zero-order chi connectivity index (χ0) is 11.2. The smallest absolute Gasteiger partial charge is 0.120 e. The molecule has 0 saturated carbocycles. The van der Waals surface area contributed by atoms with Gasteiger partial charge in [-0.25, -0.2) is 0 Å². The summed E-state index contributed by atoms with van der Waals surface area (Å²) in [4.78, 5) is 0. The molecule has 2 nitrogen and oxygen atoms in total. The van der Waals surface area contributed by atoms with E-state index in [1.807, 2.05) is 24.3 Å². The van der Waals surface area contributed by atoms with Crippen LogP contribution in [0.1, 0.15) is 0 Å². The lowest BCUT2D eigenvalue weighted by atomic mass is 10.3. The van der Waals surface area contributed by atoms with Crippen LogP contribution < -0.4 is 10.1 Å². The molecule has 0 aliphatic heterocycles. The minimum absolute atomic E-state index is 0.659. The van der Waals surface area contributed by atoms with E-state index < -0.39 is 0 Å². The SMILES string of the molecule is Brc1cccc(OCCNc2ccsc2)c1. The largest absolute Gasteiger partial charge is 0.492 e. The van der Waals surface area contributed by atoms with Gasteiger partial charge >= 0.3 is 0 Å². The van der Waals surface area contributed by atoms with Gasteiger partial charge in [0.05, 0.1) is 0 Å². The third kappa shape index (κ3) is 3.54. The van der Waals surface area contributed by atoms with Gasteiger partial charge in [0.15, 0.2) is 0 Å². The first-order valence-electron chi connectivity index (χ1n) is 4.99. The van der Waals surface area contributed by atoms with Crippen LogP contribution in [-0.4, -0.2) is 13.2 Å². The van der Waals surface area contributed by atoms with Crippen LogP contribution in [0.15, 0.2) is 45.6 Å². The molecule has 0 amide bonds. The van der Waals surface area contributed by atoms with Crippen molar-refractivity contribution in [3.05, 3.63) is 45.6 Å². The van der Waals surface area contributed by atoms with Gasteiger partial charge in [-0.1, -0.05) is 22.0 Å². The maximum atomic E-state index is 5.60. The van der Waals surface area contributed by atoms with Crippen molar-refractivity contribution < 1.29 is 4.74 Å². The Labute approximate surface area is 107 Å². The first-order valence-corrected chi connectivity index (χ1v) is 6.72. The highest BCUT2D eigenvalue weighted by Crippen LogP contribution is 2.17. The summed E-state index contributed by atoms with van der Waals surface area (Å²) in [6, 6.07) is 9.92. The van der Waals surface area contributed by atoms with Crippen LogP contribution in [-0.2, 0) is 0 Å². The highest BCUT2D eigenvalue weighted by atomic mass is 79.9. The predicted molar refractivity (Wildman–Crippen MR) is 72.4 cm³/mol. The molecule has 0 saturated heterocycles. The summed E-state index contributed by atoms with van der Waals surface area (Å²) in [6.07, 6.45) is 0. The standard InChI is InChI=1S/C12H12BrNOS/c13-10-2-1-3-12(8-10)15-6-5-14-11-4-7-16-9-11/h1-4,7-9,14H,5-6H2. The van der Waals surface area contributed by atoms with Crippen LogP contribution in [0.3, 0.4) is 0 Å². The molecule has 1 N–H and O–H groups in total. The monoisotopic (exact) mass is 297 g/mol. The number of rotatable bonds is 5. The first-order chi connectivity index (χ1) is 7.84. The molecule has 0 unspecified atom stereocenters. The number of hydrogen-bond acceptors (Lipinski definition) is 3. The van der Waals surface area contributed by atoms with Crippen molar-refractivity contribution in [2.24, 2.45) is 0 Å². The Hall–Kier alpha value is -1.00. The summed E-state index contributed by atoms with van der Waals surface area (Å²) in [6.45, 7) is 1.47. The second-order valence-corrected chi connectivity index (χ2v) is 4.94. The van der Waals surface area contributed by atoms with Crippen molar-refractivity contribution in [2.75, 3.05) is 18.5 Å². The van der Waals surface area contributed by atoms with Gasteiger partial charge in [0, 0.05) is 22.1 Å². The minimum Gasteiger partial charge on any atom is -0.492 e. The van der Waals surface area contributed by atoms with Gasteiger partial charge in [-0.2, -0.15) is 11.3 Å². The topological polar surface area (TPSA) is 21.3 Å². The zero-order valence-electron chi connectivity index (χ0n) is 8.65. The van der Waals surface area contributed by atoms with Gasteiger partial charge in [-0.3, -0.25) is 0 Å². The first kappa shape index (κ1) is 11.5. The van der Waals surface area contributed by atoms with Gasteiger partial charge in [-0.05, 0) is 29.6 Å². The Balaban J connectivity index is 1.72. The fourth-order valence-corrected chi connectivity index (χ4v) is 2.28. The summed E-state index contributed by atoms with van der Waals surface area (Å²) in [5.74, 6) is 0.890. The van der Waals surface area contributed by atoms with Gasteiger partial charge < -0.3 is 10.1 Å². The van der Waals surface area contributed by atoms with Gasteiger partial charge in [0.2, 0.25) is 0 Å². The molecular formula is C12H12BrNOS. The highest BCUT2D eigenvalue weighted by Gasteiger charge is 1.95. The molecule has 0 spiro atoms. The molecule has 4 heteroatoms. The predicted octanol–water partition coefficient (Wildman–Crippen LogP) is 4.00. The van der Waals surface area contributed by atoms with Crippen molar-refractivity contribution in [1.82, 2.24) is 0 Å². The molecule has 1 aromatic carbocycles. The van der Waals surface area contributed by atoms with Crippen LogP contribution in [0.4, 0.5) is 5.69 Å². The summed E-state index contributed by atoms with van der Waals surface area (Å²) in [7, 11) is 0. The highest BCUT2D eigenvalue weighted by molar-refractivity contribution is 9.10. The quantitative estimate of drug-likeness (QED) is 0.842. The Bertz CT molecular complexity index is 430. The zero-order valence-corrected chi connectivity index (χ0v) is 11.1.